The Labute approximate surface area is 197 Å². The minimum Gasteiger partial charge on any atom is -0.460 e. The molecule has 2 rings (SSSR count). The highest BCUT2D eigenvalue weighted by atomic mass is 16.6. The van der Waals surface area contributed by atoms with E-state index >= 15 is 0 Å². The first-order valence-electron chi connectivity index (χ1n) is 11.0. The van der Waals surface area contributed by atoms with Crippen LogP contribution >= 0.6 is 0 Å². The van der Waals surface area contributed by atoms with Crippen molar-refractivity contribution in [3.63, 3.8) is 0 Å². The molecule has 0 bridgehead atoms. The summed E-state index contributed by atoms with van der Waals surface area (Å²) in [4.78, 5) is 46.8. The molecule has 0 aliphatic heterocycles. The maximum absolute atomic E-state index is 13.1. The number of esters is 2. The van der Waals surface area contributed by atoms with Crippen molar-refractivity contribution < 1.29 is 28.9 Å². The standard InChI is InChI=1S/C24H28N2O8/c1-3-5-6-15-24(4-2,22(27)33-16-18-7-11-20(12-8-18)25(29)30)23(28)34-17-19-9-13-21(14-10-19)26(31)32/h7-14H,3-6,15-17H2,1-2H3. The van der Waals surface area contributed by atoms with E-state index in [1.807, 2.05) is 6.92 Å². The van der Waals surface area contributed by atoms with Gasteiger partial charge in [0, 0.05) is 24.3 Å². The van der Waals surface area contributed by atoms with Crippen LogP contribution in [0.3, 0.4) is 0 Å². The van der Waals surface area contributed by atoms with Crippen LogP contribution in [0.4, 0.5) is 11.4 Å². The summed E-state index contributed by atoms with van der Waals surface area (Å²) in [5, 5.41) is 21.6. The highest BCUT2D eigenvalue weighted by Crippen LogP contribution is 2.33. The smallest absolute Gasteiger partial charge is 0.323 e. The number of nitro groups is 2. The molecular weight excluding hydrogens is 444 g/mol. The third-order valence-corrected chi connectivity index (χ3v) is 5.63. The fraction of sp³-hybridized carbons (Fsp3) is 0.417. The predicted molar refractivity (Wildman–Crippen MR) is 123 cm³/mol. The number of hydrogen-bond acceptors (Lipinski definition) is 8. The van der Waals surface area contributed by atoms with Crippen LogP contribution in [-0.2, 0) is 32.3 Å². The third kappa shape index (κ3) is 6.84. The lowest BCUT2D eigenvalue weighted by atomic mass is 9.80. The van der Waals surface area contributed by atoms with Gasteiger partial charge in [0.25, 0.3) is 11.4 Å². The van der Waals surface area contributed by atoms with Crippen LogP contribution in [0.1, 0.15) is 57.1 Å². The number of unbranched alkanes of at least 4 members (excludes halogenated alkanes) is 2. The largest absolute Gasteiger partial charge is 0.460 e. The maximum atomic E-state index is 13.1. The topological polar surface area (TPSA) is 139 Å². The summed E-state index contributed by atoms with van der Waals surface area (Å²) in [7, 11) is 0. The van der Waals surface area contributed by atoms with Crippen LogP contribution in [-0.4, -0.2) is 21.8 Å². The monoisotopic (exact) mass is 472 g/mol. The molecule has 0 aliphatic carbocycles. The number of benzene rings is 2. The van der Waals surface area contributed by atoms with Gasteiger partial charge < -0.3 is 9.47 Å². The molecule has 0 atom stereocenters. The minimum absolute atomic E-state index is 0.0765. The first-order valence-corrected chi connectivity index (χ1v) is 11.0. The van der Waals surface area contributed by atoms with Crippen LogP contribution in [0.25, 0.3) is 0 Å². The van der Waals surface area contributed by atoms with Gasteiger partial charge in [-0.05, 0) is 48.2 Å². The molecule has 0 fully saturated rings. The minimum atomic E-state index is -1.49. The van der Waals surface area contributed by atoms with Gasteiger partial charge in [-0.15, -0.1) is 0 Å². The van der Waals surface area contributed by atoms with Crippen molar-refractivity contribution in [1.29, 1.82) is 0 Å². The van der Waals surface area contributed by atoms with Gasteiger partial charge in [0.05, 0.1) is 9.85 Å². The van der Waals surface area contributed by atoms with Crippen LogP contribution < -0.4 is 0 Å². The zero-order valence-corrected chi connectivity index (χ0v) is 19.2. The lowest BCUT2D eigenvalue weighted by Crippen LogP contribution is -2.41. The predicted octanol–water partition coefficient (Wildman–Crippen LogP) is 5.27. The molecule has 10 heteroatoms. The number of non-ortho nitro benzene ring substituents is 2. The number of ether oxygens (including phenoxy) is 2. The van der Waals surface area contributed by atoms with Gasteiger partial charge in [-0.3, -0.25) is 29.8 Å². The van der Waals surface area contributed by atoms with Gasteiger partial charge >= 0.3 is 11.9 Å². The van der Waals surface area contributed by atoms with Gasteiger partial charge in [-0.2, -0.15) is 0 Å². The van der Waals surface area contributed by atoms with Gasteiger partial charge in [-0.1, -0.05) is 33.1 Å². The van der Waals surface area contributed by atoms with E-state index in [-0.39, 0.29) is 37.4 Å². The lowest BCUT2D eigenvalue weighted by Gasteiger charge is -2.28. The second kappa shape index (κ2) is 12.4. The van der Waals surface area contributed by atoms with Gasteiger partial charge in [0.15, 0.2) is 5.41 Å². The lowest BCUT2D eigenvalue weighted by molar-refractivity contribution is -0.385. The van der Waals surface area contributed by atoms with Crippen LogP contribution in [0.15, 0.2) is 48.5 Å². The SMILES string of the molecule is CCCCCC(CC)(C(=O)OCc1ccc([N+](=O)[O-])cc1)C(=O)OCc1ccc([N+](=O)[O-])cc1. The molecule has 0 amide bonds. The quantitative estimate of drug-likeness (QED) is 0.126. The Kier molecular flexibility index (Phi) is 9.66. The Morgan fingerprint density at radius 2 is 1.18 bits per heavy atom. The van der Waals surface area contributed by atoms with Crippen molar-refractivity contribution in [1.82, 2.24) is 0 Å². The number of nitrogens with zero attached hydrogens (tertiary/aromatic N) is 2. The highest BCUT2D eigenvalue weighted by Gasteiger charge is 2.47. The fourth-order valence-electron chi connectivity index (χ4n) is 3.43. The molecule has 0 aliphatic rings. The van der Waals surface area contributed by atoms with E-state index in [1.165, 1.54) is 48.5 Å². The second-order valence-corrected chi connectivity index (χ2v) is 7.89. The Hall–Kier alpha value is -3.82. The molecule has 0 heterocycles. The van der Waals surface area contributed by atoms with Gasteiger partial charge in [0.2, 0.25) is 0 Å². The summed E-state index contributed by atoms with van der Waals surface area (Å²) in [5.41, 5.74) is -0.537. The first-order chi connectivity index (χ1) is 16.2. The molecule has 2 aromatic carbocycles. The molecule has 0 unspecified atom stereocenters. The van der Waals surface area contributed by atoms with Crippen molar-refractivity contribution in [2.24, 2.45) is 5.41 Å². The van der Waals surface area contributed by atoms with Gasteiger partial charge in [-0.25, -0.2) is 0 Å². The van der Waals surface area contributed by atoms with Crippen molar-refractivity contribution >= 4 is 23.3 Å². The third-order valence-electron chi connectivity index (χ3n) is 5.63. The van der Waals surface area contributed by atoms with Crippen LogP contribution in [0.2, 0.25) is 0 Å². The number of carbonyl (C=O) groups is 2. The van der Waals surface area contributed by atoms with Crippen molar-refractivity contribution in [3.05, 3.63) is 79.9 Å². The van der Waals surface area contributed by atoms with Crippen LogP contribution in [0, 0.1) is 25.6 Å². The zero-order chi connectivity index (χ0) is 25.1. The number of hydrogen-bond donors (Lipinski definition) is 0. The molecule has 182 valence electrons. The van der Waals surface area contributed by atoms with Crippen molar-refractivity contribution in [2.75, 3.05) is 0 Å². The van der Waals surface area contributed by atoms with Crippen molar-refractivity contribution in [2.45, 2.75) is 59.2 Å². The van der Waals surface area contributed by atoms with E-state index in [0.717, 1.165) is 12.8 Å². The summed E-state index contributed by atoms with van der Waals surface area (Å²) in [6, 6.07) is 11.2. The molecule has 0 saturated heterocycles. The summed E-state index contributed by atoms with van der Waals surface area (Å²) in [6.45, 7) is 3.45. The molecule has 0 saturated carbocycles. The normalized spacial score (nSPS) is 11.0. The Balaban J connectivity index is 2.12. The molecule has 0 aromatic heterocycles. The summed E-state index contributed by atoms with van der Waals surface area (Å²) < 4.78 is 10.9. The van der Waals surface area contributed by atoms with E-state index in [2.05, 4.69) is 0 Å². The number of carbonyl (C=O) groups excluding carboxylic acids is 2. The molecule has 2 aromatic rings. The Morgan fingerprint density at radius 1 is 0.765 bits per heavy atom. The molecule has 34 heavy (non-hydrogen) atoms. The summed E-state index contributed by atoms with van der Waals surface area (Å²) in [5.74, 6) is -1.42. The van der Waals surface area contributed by atoms with E-state index in [1.54, 1.807) is 6.92 Å². The number of nitro benzene ring substituents is 2. The Bertz CT molecular complexity index is 929. The molecule has 0 spiro atoms. The average molecular weight is 472 g/mol. The molecule has 0 N–H and O–H groups in total. The molecule has 0 radical (unpaired) electrons. The van der Waals surface area contributed by atoms with Gasteiger partial charge in [0.1, 0.15) is 13.2 Å². The van der Waals surface area contributed by atoms with Crippen molar-refractivity contribution in [3.8, 4) is 0 Å². The van der Waals surface area contributed by atoms with E-state index < -0.39 is 27.2 Å². The first kappa shape index (κ1) is 26.4. The summed E-state index contributed by atoms with van der Waals surface area (Å²) in [6.07, 6.45) is 2.79. The fourth-order valence-corrected chi connectivity index (χ4v) is 3.43. The zero-order valence-electron chi connectivity index (χ0n) is 19.2. The van der Waals surface area contributed by atoms with E-state index in [4.69, 9.17) is 9.47 Å². The van der Waals surface area contributed by atoms with E-state index in [0.29, 0.717) is 17.5 Å². The molecular formula is C24H28N2O8. The average Bonchev–Trinajstić information content (AvgIpc) is 2.84. The molecule has 10 nitrogen and oxygen atoms in total. The second-order valence-electron chi connectivity index (χ2n) is 7.89. The highest BCUT2D eigenvalue weighted by molar-refractivity contribution is 6.00. The van der Waals surface area contributed by atoms with E-state index in [9.17, 15) is 29.8 Å². The number of rotatable bonds is 13. The summed E-state index contributed by atoms with van der Waals surface area (Å²) >= 11 is 0. The maximum Gasteiger partial charge on any atom is 0.323 e. The Morgan fingerprint density at radius 3 is 1.50 bits per heavy atom. The van der Waals surface area contributed by atoms with Crippen LogP contribution in [0.5, 0.6) is 0 Å².